The van der Waals surface area contributed by atoms with E-state index in [1.807, 2.05) is 6.08 Å². The maximum absolute atomic E-state index is 3.88. The van der Waals surface area contributed by atoms with Gasteiger partial charge in [-0.1, -0.05) is 69.4 Å². The van der Waals surface area contributed by atoms with Crippen LogP contribution in [0.15, 0.2) is 30.4 Å². The van der Waals surface area contributed by atoms with Crippen LogP contribution in [0.3, 0.4) is 0 Å². The van der Waals surface area contributed by atoms with E-state index in [0.717, 1.165) is 6.42 Å². The van der Waals surface area contributed by atoms with Crippen LogP contribution < -0.4 is 0 Å². The number of hydrogen-bond donors (Lipinski definition) is 0. The minimum Gasteiger partial charge on any atom is -0.103 e. The number of benzene rings is 1. The van der Waals surface area contributed by atoms with Gasteiger partial charge in [0.1, 0.15) is 0 Å². The van der Waals surface area contributed by atoms with Crippen molar-refractivity contribution in [3.63, 3.8) is 0 Å². The van der Waals surface area contributed by atoms with Crippen molar-refractivity contribution in [3.8, 4) is 0 Å². The second kappa shape index (κ2) is 8.98. The van der Waals surface area contributed by atoms with Crippen LogP contribution in [-0.2, 0) is 12.8 Å². The van der Waals surface area contributed by atoms with E-state index in [1.54, 1.807) is 5.56 Å². The number of allylic oxidation sites excluding steroid dienone is 2. The molecule has 1 radical (unpaired) electrons. The second-order valence-electron chi connectivity index (χ2n) is 6.53. The lowest BCUT2D eigenvalue weighted by Gasteiger charge is -2.11. The molecule has 0 amide bonds. The molecule has 0 heterocycles. The zero-order chi connectivity index (χ0) is 15.8. The molecule has 0 aromatic heterocycles. The van der Waals surface area contributed by atoms with Gasteiger partial charge in [0.2, 0.25) is 0 Å². The van der Waals surface area contributed by atoms with Crippen LogP contribution in [0.25, 0.3) is 6.08 Å². The molecular weight excluding hydrogens is 264 g/mol. The molecule has 1 aromatic rings. The fourth-order valence-corrected chi connectivity index (χ4v) is 3.31. The average Bonchev–Trinajstić information content (AvgIpc) is 2.91. The van der Waals surface area contributed by atoms with E-state index in [4.69, 9.17) is 0 Å². The van der Waals surface area contributed by atoms with Crippen molar-refractivity contribution in [2.75, 3.05) is 0 Å². The monoisotopic (exact) mass is 295 g/mol. The lowest BCUT2D eigenvalue weighted by Crippen LogP contribution is -1.97. The van der Waals surface area contributed by atoms with E-state index in [0.29, 0.717) is 0 Å². The van der Waals surface area contributed by atoms with Gasteiger partial charge in [-0.25, -0.2) is 0 Å². The first-order valence-corrected chi connectivity index (χ1v) is 9.10. The molecule has 1 aromatic carbocycles. The standard InChI is InChI=1S/C22H31/c1-4-7-9-12-19-14-20(13-10-8-5-2)22-17-18(11-6-3)15-21(22)16-19/h6,14-17H,3-5,7-13H2,1-2H3. The number of rotatable bonds is 10. The van der Waals surface area contributed by atoms with Gasteiger partial charge in [0.15, 0.2) is 0 Å². The molecule has 119 valence electrons. The topological polar surface area (TPSA) is 0 Å². The Bertz CT molecular complexity index is 519. The van der Waals surface area contributed by atoms with E-state index in [-0.39, 0.29) is 0 Å². The van der Waals surface area contributed by atoms with Crippen molar-refractivity contribution in [1.29, 1.82) is 0 Å². The van der Waals surface area contributed by atoms with Crippen molar-refractivity contribution >= 4 is 6.08 Å². The van der Waals surface area contributed by atoms with Gasteiger partial charge in [-0.3, -0.25) is 0 Å². The highest BCUT2D eigenvalue weighted by Crippen LogP contribution is 2.33. The van der Waals surface area contributed by atoms with Crippen molar-refractivity contribution in [1.82, 2.24) is 0 Å². The van der Waals surface area contributed by atoms with Crippen LogP contribution in [0.1, 0.15) is 81.0 Å². The molecule has 0 atom stereocenters. The Balaban J connectivity index is 2.17. The Morgan fingerprint density at radius 2 is 1.68 bits per heavy atom. The second-order valence-corrected chi connectivity index (χ2v) is 6.53. The number of aryl methyl sites for hydroxylation is 2. The van der Waals surface area contributed by atoms with E-state index in [9.17, 15) is 0 Å². The molecule has 0 fully saturated rings. The largest absolute Gasteiger partial charge is 0.103 e. The number of unbranched alkanes of at least 4 members (excludes halogenated alkanes) is 4. The van der Waals surface area contributed by atoms with E-state index >= 15 is 0 Å². The minimum absolute atomic E-state index is 0.980. The summed E-state index contributed by atoms with van der Waals surface area (Å²) in [5, 5.41) is 0. The zero-order valence-electron chi connectivity index (χ0n) is 14.5. The van der Waals surface area contributed by atoms with E-state index in [1.165, 1.54) is 73.6 Å². The van der Waals surface area contributed by atoms with Crippen molar-refractivity contribution < 1.29 is 0 Å². The van der Waals surface area contributed by atoms with E-state index in [2.05, 4.69) is 45.1 Å². The van der Waals surface area contributed by atoms with Crippen LogP contribution in [-0.4, -0.2) is 0 Å². The SMILES string of the molecule is C=CCC1=Cc2c(cc(CCCCC)cc2CCCCC)[CH]1. The fraction of sp³-hybridized carbons (Fsp3) is 0.500. The third kappa shape index (κ3) is 4.60. The van der Waals surface area contributed by atoms with Gasteiger partial charge in [-0.2, -0.15) is 0 Å². The Morgan fingerprint density at radius 1 is 0.955 bits per heavy atom. The average molecular weight is 295 g/mol. The van der Waals surface area contributed by atoms with Crippen LogP contribution >= 0.6 is 0 Å². The molecule has 1 aliphatic rings. The smallest absolute Gasteiger partial charge is 0.0167 e. The van der Waals surface area contributed by atoms with Gasteiger partial charge < -0.3 is 0 Å². The van der Waals surface area contributed by atoms with Gasteiger partial charge in [0.25, 0.3) is 0 Å². The van der Waals surface area contributed by atoms with Crippen molar-refractivity contribution in [2.24, 2.45) is 0 Å². The fourth-order valence-electron chi connectivity index (χ4n) is 3.31. The Hall–Kier alpha value is -1.30. The molecule has 0 N–H and O–H groups in total. The molecule has 2 rings (SSSR count). The molecule has 0 saturated heterocycles. The van der Waals surface area contributed by atoms with Crippen molar-refractivity contribution in [2.45, 2.75) is 71.6 Å². The maximum Gasteiger partial charge on any atom is 0.0167 e. The quantitative estimate of drug-likeness (QED) is 0.334. The third-order valence-electron chi connectivity index (χ3n) is 4.53. The summed E-state index contributed by atoms with van der Waals surface area (Å²) in [6.07, 6.45) is 18.1. The highest BCUT2D eigenvalue weighted by atomic mass is 14.2. The first-order chi connectivity index (χ1) is 10.8. The zero-order valence-corrected chi connectivity index (χ0v) is 14.5. The third-order valence-corrected chi connectivity index (χ3v) is 4.53. The summed E-state index contributed by atoms with van der Waals surface area (Å²) in [4.78, 5) is 0. The number of hydrogen-bond acceptors (Lipinski definition) is 0. The Morgan fingerprint density at radius 3 is 2.36 bits per heavy atom. The molecule has 0 nitrogen and oxygen atoms in total. The highest BCUT2D eigenvalue weighted by Gasteiger charge is 2.16. The van der Waals surface area contributed by atoms with E-state index < -0.39 is 0 Å². The van der Waals surface area contributed by atoms with Gasteiger partial charge >= 0.3 is 0 Å². The molecular formula is C22H31. The predicted molar refractivity (Wildman–Crippen MR) is 99.1 cm³/mol. The van der Waals surface area contributed by atoms with Crippen molar-refractivity contribution in [3.05, 3.63) is 59.0 Å². The number of fused-ring (bicyclic) bond motifs is 1. The highest BCUT2D eigenvalue weighted by molar-refractivity contribution is 5.72. The minimum atomic E-state index is 0.980. The molecule has 22 heavy (non-hydrogen) atoms. The summed E-state index contributed by atoms with van der Waals surface area (Å²) in [7, 11) is 0. The van der Waals surface area contributed by atoms with Gasteiger partial charge in [0, 0.05) is 6.42 Å². The van der Waals surface area contributed by atoms with Crippen LogP contribution in [0.5, 0.6) is 0 Å². The summed E-state index contributed by atoms with van der Waals surface area (Å²) >= 11 is 0. The molecule has 0 unspecified atom stereocenters. The molecule has 0 aliphatic heterocycles. The summed E-state index contributed by atoms with van der Waals surface area (Å²) < 4.78 is 0. The lowest BCUT2D eigenvalue weighted by molar-refractivity contribution is 0.708. The summed E-state index contributed by atoms with van der Waals surface area (Å²) in [5.74, 6) is 0. The molecule has 0 saturated carbocycles. The first-order valence-electron chi connectivity index (χ1n) is 9.10. The summed E-state index contributed by atoms with van der Waals surface area (Å²) in [5.41, 5.74) is 7.42. The van der Waals surface area contributed by atoms with Gasteiger partial charge in [0.05, 0.1) is 0 Å². The maximum atomic E-state index is 3.88. The van der Waals surface area contributed by atoms with Crippen LogP contribution in [0.2, 0.25) is 0 Å². The molecule has 0 heteroatoms. The Kier molecular flexibility index (Phi) is 6.96. The Labute approximate surface area is 137 Å². The van der Waals surface area contributed by atoms with Crippen LogP contribution in [0, 0.1) is 6.42 Å². The normalized spacial score (nSPS) is 13.1. The van der Waals surface area contributed by atoms with Gasteiger partial charge in [-0.15, -0.1) is 6.58 Å². The lowest BCUT2D eigenvalue weighted by atomic mass is 9.93. The predicted octanol–water partition coefficient (Wildman–Crippen LogP) is 6.68. The first kappa shape index (κ1) is 17.1. The molecule has 1 aliphatic carbocycles. The molecule has 0 bridgehead atoms. The van der Waals surface area contributed by atoms with Gasteiger partial charge in [-0.05, 0) is 54.4 Å². The van der Waals surface area contributed by atoms with Crippen LogP contribution in [0.4, 0.5) is 0 Å². The summed E-state index contributed by atoms with van der Waals surface area (Å²) in [6, 6.07) is 4.90. The molecule has 0 spiro atoms. The summed E-state index contributed by atoms with van der Waals surface area (Å²) in [6.45, 7) is 8.43.